The van der Waals surface area contributed by atoms with Crippen molar-refractivity contribution < 1.29 is 9.53 Å². The normalized spacial score (nSPS) is 19.1. The summed E-state index contributed by atoms with van der Waals surface area (Å²) in [7, 11) is 1.61. The average molecular weight is 277 g/mol. The second-order valence-electron chi connectivity index (χ2n) is 5.18. The van der Waals surface area contributed by atoms with E-state index in [9.17, 15) is 4.79 Å². The van der Waals surface area contributed by atoms with Crippen LogP contribution in [0.15, 0.2) is 18.2 Å². The molecule has 20 heavy (non-hydrogen) atoms. The Labute approximate surface area is 120 Å². The molecule has 1 heterocycles. The van der Waals surface area contributed by atoms with Crippen LogP contribution in [0.25, 0.3) is 0 Å². The third-order valence-electron chi connectivity index (χ3n) is 3.70. The second kappa shape index (κ2) is 6.72. The molecule has 0 spiro atoms. The smallest absolute Gasteiger partial charge is 0.241 e. The number of aryl methyl sites for hydroxylation is 1. The van der Waals surface area contributed by atoms with Crippen molar-refractivity contribution in [1.29, 1.82) is 0 Å². The molecule has 0 saturated carbocycles. The van der Waals surface area contributed by atoms with Crippen LogP contribution in [-0.2, 0) is 4.79 Å². The van der Waals surface area contributed by atoms with Gasteiger partial charge in [0.15, 0.2) is 0 Å². The summed E-state index contributed by atoms with van der Waals surface area (Å²) in [4.78, 5) is 14.6. The van der Waals surface area contributed by atoms with Crippen molar-refractivity contribution in [2.24, 2.45) is 5.73 Å². The Morgan fingerprint density at radius 1 is 1.55 bits per heavy atom. The molecule has 1 saturated heterocycles. The van der Waals surface area contributed by atoms with E-state index in [4.69, 9.17) is 10.5 Å². The minimum Gasteiger partial charge on any atom is -0.495 e. The molecule has 1 aromatic carbocycles. The van der Waals surface area contributed by atoms with Crippen LogP contribution in [0.2, 0.25) is 0 Å². The fourth-order valence-electron chi connectivity index (χ4n) is 2.69. The number of nitrogens with one attached hydrogen (secondary N) is 1. The molecule has 0 aliphatic carbocycles. The van der Waals surface area contributed by atoms with Crippen molar-refractivity contribution in [2.45, 2.75) is 25.8 Å². The number of carbonyl (C=O) groups excluding carboxylic acids is 1. The monoisotopic (exact) mass is 277 g/mol. The van der Waals surface area contributed by atoms with Crippen molar-refractivity contribution in [3.63, 3.8) is 0 Å². The molecule has 1 atom stereocenters. The van der Waals surface area contributed by atoms with Crippen LogP contribution in [0.4, 0.5) is 5.69 Å². The fourth-order valence-corrected chi connectivity index (χ4v) is 2.69. The van der Waals surface area contributed by atoms with Crippen molar-refractivity contribution in [1.82, 2.24) is 4.90 Å². The van der Waals surface area contributed by atoms with E-state index in [0.717, 1.165) is 37.2 Å². The third kappa shape index (κ3) is 3.29. The topological polar surface area (TPSA) is 67.6 Å². The fraction of sp³-hybridized carbons (Fsp3) is 0.533. The van der Waals surface area contributed by atoms with Gasteiger partial charge in [-0.2, -0.15) is 0 Å². The lowest BCUT2D eigenvalue weighted by atomic mass is 10.1. The first-order valence-electron chi connectivity index (χ1n) is 7.05. The highest BCUT2D eigenvalue weighted by atomic mass is 16.5. The van der Waals surface area contributed by atoms with Crippen LogP contribution in [0, 0.1) is 6.92 Å². The van der Waals surface area contributed by atoms with Gasteiger partial charge in [-0.05, 0) is 44.0 Å². The number of ether oxygens (including phenoxy) is 1. The minimum absolute atomic E-state index is 0.0276. The summed E-state index contributed by atoms with van der Waals surface area (Å²) in [6.45, 7) is 4.28. The van der Waals surface area contributed by atoms with E-state index in [-0.39, 0.29) is 11.9 Å². The third-order valence-corrected chi connectivity index (χ3v) is 3.70. The van der Waals surface area contributed by atoms with Gasteiger partial charge >= 0.3 is 0 Å². The first-order chi connectivity index (χ1) is 9.65. The van der Waals surface area contributed by atoms with Gasteiger partial charge in [0.05, 0.1) is 18.8 Å². The van der Waals surface area contributed by atoms with Crippen LogP contribution in [0.3, 0.4) is 0 Å². The lowest BCUT2D eigenvalue weighted by molar-refractivity contribution is -0.120. The lowest BCUT2D eigenvalue weighted by Gasteiger charge is -2.23. The predicted octanol–water partition coefficient (Wildman–Crippen LogP) is 1.37. The maximum atomic E-state index is 12.4. The summed E-state index contributed by atoms with van der Waals surface area (Å²) in [6.07, 6.45) is 1.93. The number of hydrogen-bond donors (Lipinski definition) is 2. The first-order valence-corrected chi connectivity index (χ1v) is 7.05. The van der Waals surface area contributed by atoms with Crippen LogP contribution in [-0.4, -0.2) is 43.6 Å². The quantitative estimate of drug-likeness (QED) is 0.853. The van der Waals surface area contributed by atoms with Crippen LogP contribution < -0.4 is 15.8 Å². The number of anilines is 1. The Balaban J connectivity index is 2.09. The maximum Gasteiger partial charge on any atom is 0.241 e. The van der Waals surface area contributed by atoms with Gasteiger partial charge in [0.2, 0.25) is 5.91 Å². The molecule has 110 valence electrons. The minimum atomic E-state index is -0.0798. The molecule has 1 fully saturated rings. The summed E-state index contributed by atoms with van der Waals surface area (Å²) in [5.41, 5.74) is 7.42. The Hall–Kier alpha value is -1.59. The molecule has 1 aliphatic heterocycles. The van der Waals surface area contributed by atoms with Gasteiger partial charge in [-0.15, -0.1) is 0 Å². The summed E-state index contributed by atoms with van der Waals surface area (Å²) in [6, 6.07) is 5.69. The second-order valence-corrected chi connectivity index (χ2v) is 5.18. The van der Waals surface area contributed by atoms with Crippen LogP contribution in [0.1, 0.15) is 18.4 Å². The lowest BCUT2D eigenvalue weighted by Crippen LogP contribution is -2.41. The van der Waals surface area contributed by atoms with E-state index in [2.05, 4.69) is 10.2 Å². The molecule has 1 unspecified atom stereocenters. The zero-order valence-corrected chi connectivity index (χ0v) is 12.2. The molecule has 5 nitrogen and oxygen atoms in total. The van der Waals surface area contributed by atoms with Gasteiger partial charge in [0.25, 0.3) is 0 Å². The highest BCUT2D eigenvalue weighted by Gasteiger charge is 2.30. The highest BCUT2D eigenvalue weighted by molar-refractivity contribution is 5.96. The molecular formula is C15H23N3O2. The Kier molecular flexibility index (Phi) is 4.98. The number of nitrogens with zero attached hydrogens (tertiary/aromatic N) is 1. The molecule has 1 amide bonds. The average Bonchev–Trinajstić information content (AvgIpc) is 2.88. The molecular weight excluding hydrogens is 254 g/mol. The molecule has 3 N–H and O–H groups in total. The maximum absolute atomic E-state index is 12.4. The van der Waals surface area contributed by atoms with Crippen molar-refractivity contribution in [3.8, 4) is 5.75 Å². The van der Waals surface area contributed by atoms with Gasteiger partial charge in [-0.25, -0.2) is 0 Å². The Morgan fingerprint density at radius 2 is 2.35 bits per heavy atom. The van der Waals surface area contributed by atoms with E-state index in [0.29, 0.717) is 12.3 Å². The molecule has 0 bridgehead atoms. The van der Waals surface area contributed by atoms with E-state index in [1.807, 2.05) is 25.1 Å². The van der Waals surface area contributed by atoms with Crippen LogP contribution >= 0.6 is 0 Å². The van der Waals surface area contributed by atoms with E-state index in [1.54, 1.807) is 7.11 Å². The number of amides is 1. The molecule has 1 aromatic rings. The highest BCUT2D eigenvalue weighted by Crippen LogP contribution is 2.26. The number of rotatable bonds is 5. The van der Waals surface area contributed by atoms with Gasteiger partial charge in [-0.3, -0.25) is 9.69 Å². The predicted molar refractivity (Wildman–Crippen MR) is 80.0 cm³/mol. The largest absolute Gasteiger partial charge is 0.495 e. The number of likely N-dealkylation sites (tertiary alicyclic amines) is 1. The number of carbonyl (C=O) groups is 1. The molecule has 1 aliphatic rings. The SMILES string of the molecule is COc1ccc(C)cc1NC(=O)C1CCCN1CCN. The Morgan fingerprint density at radius 3 is 3.05 bits per heavy atom. The number of methoxy groups -OCH3 is 1. The van der Waals surface area contributed by atoms with E-state index >= 15 is 0 Å². The molecule has 0 radical (unpaired) electrons. The number of nitrogens with two attached hydrogens (primary N) is 1. The molecule has 0 aromatic heterocycles. The van der Waals surface area contributed by atoms with Gasteiger partial charge < -0.3 is 15.8 Å². The summed E-state index contributed by atoms with van der Waals surface area (Å²) >= 11 is 0. The zero-order chi connectivity index (χ0) is 14.5. The number of hydrogen-bond acceptors (Lipinski definition) is 4. The van der Waals surface area contributed by atoms with Crippen LogP contribution in [0.5, 0.6) is 5.75 Å². The van der Waals surface area contributed by atoms with Gasteiger partial charge in [0.1, 0.15) is 5.75 Å². The summed E-state index contributed by atoms with van der Waals surface area (Å²) in [5.74, 6) is 0.715. The van der Waals surface area contributed by atoms with Gasteiger partial charge in [0, 0.05) is 13.1 Å². The van der Waals surface area contributed by atoms with Crippen molar-refractivity contribution in [3.05, 3.63) is 23.8 Å². The van der Waals surface area contributed by atoms with E-state index < -0.39 is 0 Å². The van der Waals surface area contributed by atoms with Crippen molar-refractivity contribution in [2.75, 3.05) is 32.1 Å². The summed E-state index contributed by atoms with van der Waals surface area (Å²) < 4.78 is 5.29. The Bertz CT molecular complexity index is 476. The summed E-state index contributed by atoms with van der Waals surface area (Å²) in [5, 5.41) is 2.99. The van der Waals surface area contributed by atoms with Crippen molar-refractivity contribution >= 4 is 11.6 Å². The van der Waals surface area contributed by atoms with E-state index in [1.165, 1.54) is 0 Å². The molecule has 2 rings (SSSR count). The zero-order valence-electron chi connectivity index (χ0n) is 12.2. The standard InChI is InChI=1S/C15H23N3O2/c1-11-5-6-14(20-2)12(10-11)17-15(19)13-4-3-8-18(13)9-7-16/h5-6,10,13H,3-4,7-9,16H2,1-2H3,(H,17,19). The number of benzene rings is 1. The first kappa shape index (κ1) is 14.8. The van der Waals surface area contributed by atoms with Gasteiger partial charge in [-0.1, -0.05) is 6.07 Å². The molecule has 5 heteroatoms.